The van der Waals surface area contributed by atoms with Gasteiger partial charge in [-0.2, -0.15) is 0 Å². The molecule has 94 valence electrons. The summed E-state index contributed by atoms with van der Waals surface area (Å²) in [5.74, 6) is 0.596. The van der Waals surface area contributed by atoms with Crippen LogP contribution in [-0.4, -0.2) is 0 Å². The Kier molecular flexibility index (Phi) is 4.54. The second-order valence-electron chi connectivity index (χ2n) is 4.99. The van der Waals surface area contributed by atoms with Gasteiger partial charge in [0.1, 0.15) is 0 Å². The first-order valence-electron chi connectivity index (χ1n) is 6.59. The second-order valence-corrected chi connectivity index (χ2v) is 4.99. The average Bonchev–Trinajstić information content (AvgIpc) is 2.40. The lowest BCUT2D eigenvalue weighted by atomic mass is 10.0. The molecule has 0 aliphatic carbocycles. The van der Waals surface area contributed by atoms with Crippen LogP contribution in [-0.2, 0) is 13.1 Å². The summed E-state index contributed by atoms with van der Waals surface area (Å²) in [7, 11) is 0. The molecule has 1 nitrogen and oxygen atoms in total. The maximum absolute atomic E-state index is 3.48. The van der Waals surface area contributed by atoms with Crippen LogP contribution in [0.1, 0.15) is 36.5 Å². The highest BCUT2D eigenvalue weighted by molar-refractivity contribution is 5.25. The van der Waals surface area contributed by atoms with Crippen molar-refractivity contribution in [3.8, 4) is 0 Å². The maximum atomic E-state index is 3.48. The Labute approximate surface area is 110 Å². The topological polar surface area (TPSA) is 12.0 Å². The van der Waals surface area contributed by atoms with E-state index in [1.165, 1.54) is 16.7 Å². The van der Waals surface area contributed by atoms with Gasteiger partial charge in [-0.05, 0) is 22.6 Å². The fraction of sp³-hybridized carbons (Fsp3) is 0.294. The van der Waals surface area contributed by atoms with Gasteiger partial charge in [-0.15, -0.1) is 0 Å². The van der Waals surface area contributed by atoms with E-state index in [9.17, 15) is 0 Å². The van der Waals surface area contributed by atoms with Gasteiger partial charge in [0.15, 0.2) is 0 Å². The second kappa shape index (κ2) is 6.36. The highest BCUT2D eigenvalue weighted by atomic mass is 14.8. The number of nitrogens with one attached hydrogen (secondary N) is 1. The summed E-state index contributed by atoms with van der Waals surface area (Å²) < 4.78 is 0. The lowest BCUT2D eigenvalue weighted by Crippen LogP contribution is -2.12. The van der Waals surface area contributed by atoms with Crippen molar-refractivity contribution in [2.24, 2.45) is 0 Å². The molecule has 1 heteroatoms. The van der Waals surface area contributed by atoms with Crippen molar-refractivity contribution < 1.29 is 0 Å². The fourth-order valence-corrected chi connectivity index (χ4v) is 2.01. The van der Waals surface area contributed by atoms with Gasteiger partial charge < -0.3 is 5.32 Å². The van der Waals surface area contributed by atoms with Gasteiger partial charge in [-0.25, -0.2) is 0 Å². The summed E-state index contributed by atoms with van der Waals surface area (Å²) in [6.45, 7) is 6.31. The molecule has 0 saturated carbocycles. The van der Waals surface area contributed by atoms with Gasteiger partial charge in [-0.1, -0.05) is 68.4 Å². The van der Waals surface area contributed by atoms with Crippen LogP contribution in [0, 0.1) is 0 Å². The van der Waals surface area contributed by atoms with Crippen LogP contribution in [0.15, 0.2) is 54.6 Å². The molecular formula is C17H21N. The van der Waals surface area contributed by atoms with Crippen LogP contribution in [0.4, 0.5) is 0 Å². The van der Waals surface area contributed by atoms with Gasteiger partial charge in [0.2, 0.25) is 0 Å². The molecule has 2 aromatic carbocycles. The Morgan fingerprint density at radius 2 is 1.50 bits per heavy atom. The molecule has 0 fully saturated rings. The minimum Gasteiger partial charge on any atom is -0.309 e. The Morgan fingerprint density at radius 3 is 2.22 bits per heavy atom. The predicted molar refractivity (Wildman–Crippen MR) is 77.5 cm³/mol. The molecule has 0 aliphatic rings. The van der Waals surface area contributed by atoms with Gasteiger partial charge >= 0.3 is 0 Å². The van der Waals surface area contributed by atoms with E-state index in [0.29, 0.717) is 5.92 Å². The van der Waals surface area contributed by atoms with E-state index in [2.05, 4.69) is 73.8 Å². The van der Waals surface area contributed by atoms with E-state index in [0.717, 1.165) is 13.1 Å². The van der Waals surface area contributed by atoms with Crippen LogP contribution in [0.5, 0.6) is 0 Å². The van der Waals surface area contributed by atoms with Crippen molar-refractivity contribution in [1.29, 1.82) is 0 Å². The number of rotatable bonds is 5. The summed E-state index contributed by atoms with van der Waals surface area (Å²) >= 11 is 0. The molecule has 18 heavy (non-hydrogen) atoms. The van der Waals surface area contributed by atoms with Crippen LogP contribution >= 0.6 is 0 Å². The lowest BCUT2D eigenvalue weighted by molar-refractivity contribution is 0.691. The monoisotopic (exact) mass is 239 g/mol. The molecular weight excluding hydrogens is 218 g/mol. The first-order valence-corrected chi connectivity index (χ1v) is 6.59. The Balaban J connectivity index is 1.89. The first-order chi connectivity index (χ1) is 8.75. The largest absolute Gasteiger partial charge is 0.309 e. The van der Waals surface area contributed by atoms with Gasteiger partial charge in [-0.3, -0.25) is 0 Å². The number of hydrogen-bond acceptors (Lipinski definition) is 1. The van der Waals surface area contributed by atoms with E-state index in [4.69, 9.17) is 0 Å². The zero-order chi connectivity index (χ0) is 12.8. The standard InChI is InChI=1S/C17H21N/c1-14(2)17-10-6-9-16(11-17)13-18-12-15-7-4-3-5-8-15/h3-11,14,18H,12-13H2,1-2H3. The highest BCUT2D eigenvalue weighted by Crippen LogP contribution is 2.15. The third-order valence-corrected chi connectivity index (χ3v) is 3.12. The molecule has 0 unspecified atom stereocenters. The first kappa shape index (κ1) is 12.8. The zero-order valence-electron chi connectivity index (χ0n) is 11.2. The van der Waals surface area contributed by atoms with Gasteiger partial charge in [0.05, 0.1) is 0 Å². The summed E-state index contributed by atoms with van der Waals surface area (Å²) in [6.07, 6.45) is 0. The van der Waals surface area contributed by atoms with Crippen molar-refractivity contribution in [3.63, 3.8) is 0 Å². The number of hydrogen-bond donors (Lipinski definition) is 1. The van der Waals surface area contributed by atoms with Gasteiger partial charge in [0.25, 0.3) is 0 Å². The Hall–Kier alpha value is -1.60. The summed E-state index contributed by atoms with van der Waals surface area (Å²) in [6, 6.07) is 19.3. The minimum absolute atomic E-state index is 0.596. The molecule has 0 saturated heterocycles. The van der Waals surface area contributed by atoms with Crippen LogP contribution in [0.2, 0.25) is 0 Å². The lowest BCUT2D eigenvalue weighted by Gasteiger charge is -2.09. The fourth-order valence-electron chi connectivity index (χ4n) is 2.01. The van der Waals surface area contributed by atoms with Crippen LogP contribution < -0.4 is 5.32 Å². The van der Waals surface area contributed by atoms with Crippen molar-refractivity contribution in [1.82, 2.24) is 5.32 Å². The maximum Gasteiger partial charge on any atom is 0.0208 e. The summed E-state index contributed by atoms with van der Waals surface area (Å²) in [5, 5.41) is 3.48. The summed E-state index contributed by atoms with van der Waals surface area (Å²) in [4.78, 5) is 0. The average molecular weight is 239 g/mol. The zero-order valence-corrected chi connectivity index (χ0v) is 11.2. The van der Waals surface area contributed by atoms with Crippen molar-refractivity contribution in [3.05, 3.63) is 71.3 Å². The molecule has 0 heterocycles. The molecule has 0 atom stereocenters. The molecule has 0 spiro atoms. The third kappa shape index (κ3) is 3.71. The van der Waals surface area contributed by atoms with Crippen LogP contribution in [0.3, 0.4) is 0 Å². The predicted octanol–water partition coefficient (Wildman–Crippen LogP) is 4.10. The molecule has 1 N–H and O–H groups in total. The van der Waals surface area contributed by atoms with E-state index in [-0.39, 0.29) is 0 Å². The quantitative estimate of drug-likeness (QED) is 0.828. The molecule has 0 amide bonds. The van der Waals surface area contributed by atoms with E-state index < -0.39 is 0 Å². The third-order valence-electron chi connectivity index (χ3n) is 3.12. The molecule has 2 aromatic rings. The smallest absolute Gasteiger partial charge is 0.0208 e. The van der Waals surface area contributed by atoms with Crippen molar-refractivity contribution in [2.45, 2.75) is 32.9 Å². The Bertz CT molecular complexity index is 474. The van der Waals surface area contributed by atoms with E-state index in [1.807, 2.05) is 0 Å². The van der Waals surface area contributed by atoms with E-state index in [1.54, 1.807) is 0 Å². The normalized spacial score (nSPS) is 10.8. The molecule has 0 aromatic heterocycles. The molecule has 0 aliphatic heterocycles. The molecule has 0 radical (unpaired) electrons. The van der Waals surface area contributed by atoms with Crippen LogP contribution in [0.25, 0.3) is 0 Å². The van der Waals surface area contributed by atoms with Gasteiger partial charge in [0, 0.05) is 13.1 Å². The Morgan fingerprint density at radius 1 is 0.833 bits per heavy atom. The molecule has 2 rings (SSSR count). The van der Waals surface area contributed by atoms with Crippen molar-refractivity contribution >= 4 is 0 Å². The highest BCUT2D eigenvalue weighted by Gasteiger charge is 2.00. The SMILES string of the molecule is CC(C)c1cccc(CNCc2ccccc2)c1. The summed E-state index contributed by atoms with van der Waals surface area (Å²) in [5.41, 5.74) is 4.10. The molecule has 0 bridgehead atoms. The van der Waals surface area contributed by atoms with Crippen molar-refractivity contribution in [2.75, 3.05) is 0 Å². The number of benzene rings is 2. The van der Waals surface area contributed by atoms with E-state index >= 15 is 0 Å². The minimum atomic E-state index is 0.596.